The molecule has 1 aromatic rings. The van der Waals surface area contributed by atoms with Gasteiger partial charge in [-0.1, -0.05) is 13.3 Å². The highest BCUT2D eigenvalue weighted by molar-refractivity contribution is 6.28. The molecule has 94 valence electrons. The zero-order chi connectivity index (χ0) is 12.3. The molecule has 0 aromatic carbocycles. The summed E-state index contributed by atoms with van der Waals surface area (Å²) in [5.41, 5.74) is 0. The van der Waals surface area contributed by atoms with Crippen LogP contribution in [0, 0.1) is 5.92 Å². The Morgan fingerprint density at radius 2 is 2.18 bits per heavy atom. The van der Waals surface area contributed by atoms with Gasteiger partial charge in [-0.3, -0.25) is 0 Å². The molecule has 5 nitrogen and oxygen atoms in total. The Kier molecular flexibility index (Phi) is 3.99. The molecule has 1 atom stereocenters. The average Bonchev–Trinajstić information content (AvgIpc) is 2.77. The molecule has 6 heteroatoms. The summed E-state index contributed by atoms with van der Waals surface area (Å²) in [6.07, 6.45) is 2.37. The van der Waals surface area contributed by atoms with E-state index in [4.69, 9.17) is 16.3 Å². The first-order valence-corrected chi connectivity index (χ1v) is 6.40. The van der Waals surface area contributed by atoms with Gasteiger partial charge in [-0.2, -0.15) is 15.0 Å². The van der Waals surface area contributed by atoms with Crippen molar-refractivity contribution in [1.82, 2.24) is 15.0 Å². The smallest absolute Gasteiger partial charge is 0.322 e. The van der Waals surface area contributed by atoms with E-state index in [2.05, 4.69) is 26.8 Å². The van der Waals surface area contributed by atoms with Gasteiger partial charge in [-0.25, -0.2) is 0 Å². The number of hydrogen-bond acceptors (Lipinski definition) is 5. The largest absolute Gasteiger partial charge is 0.464 e. The standard InChI is InChI=1S/C11H17ClN4O/c1-3-8-5-6-16(7-8)10-13-9(12)14-11(15-10)17-4-2/h8H,3-7H2,1-2H3. The topological polar surface area (TPSA) is 51.1 Å². The van der Waals surface area contributed by atoms with Crippen molar-refractivity contribution in [2.75, 3.05) is 24.6 Å². The summed E-state index contributed by atoms with van der Waals surface area (Å²) >= 11 is 5.87. The van der Waals surface area contributed by atoms with Gasteiger partial charge in [0.1, 0.15) is 0 Å². The minimum absolute atomic E-state index is 0.193. The van der Waals surface area contributed by atoms with Gasteiger partial charge in [0, 0.05) is 13.1 Å². The van der Waals surface area contributed by atoms with Crippen molar-refractivity contribution in [1.29, 1.82) is 0 Å². The molecular weight excluding hydrogens is 240 g/mol. The molecule has 1 saturated heterocycles. The minimum Gasteiger partial charge on any atom is -0.464 e. The second-order valence-corrected chi connectivity index (χ2v) is 4.47. The van der Waals surface area contributed by atoms with Crippen molar-refractivity contribution >= 4 is 17.5 Å². The molecule has 0 radical (unpaired) electrons. The molecule has 0 bridgehead atoms. The predicted molar refractivity (Wildman–Crippen MR) is 66.6 cm³/mol. The Hall–Kier alpha value is -1.10. The van der Waals surface area contributed by atoms with E-state index in [9.17, 15) is 0 Å². The van der Waals surface area contributed by atoms with Crippen LogP contribution in [-0.4, -0.2) is 34.6 Å². The van der Waals surface area contributed by atoms with Crippen molar-refractivity contribution in [2.24, 2.45) is 5.92 Å². The maximum absolute atomic E-state index is 5.87. The minimum atomic E-state index is 0.193. The molecule has 1 aromatic heterocycles. The average molecular weight is 257 g/mol. The highest BCUT2D eigenvalue weighted by atomic mass is 35.5. The van der Waals surface area contributed by atoms with Crippen LogP contribution in [0.2, 0.25) is 5.28 Å². The third kappa shape index (κ3) is 2.97. The first-order chi connectivity index (χ1) is 8.22. The molecule has 0 aliphatic carbocycles. The van der Waals surface area contributed by atoms with Crippen LogP contribution < -0.4 is 9.64 Å². The van der Waals surface area contributed by atoms with Gasteiger partial charge in [0.2, 0.25) is 11.2 Å². The van der Waals surface area contributed by atoms with Crippen LogP contribution in [0.25, 0.3) is 0 Å². The van der Waals surface area contributed by atoms with Gasteiger partial charge in [-0.15, -0.1) is 0 Å². The first-order valence-electron chi connectivity index (χ1n) is 6.02. The summed E-state index contributed by atoms with van der Waals surface area (Å²) in [4.78, 5) is 14.5. The quantitative estimate of drug-likeness (QED) is 0.826. The zero-order valence-electron chi connectivity index (χ0n) is 10.2. The Bertz CT molecular complexity index is 388. The number of hydrogen-bond donors (Lipinski definition) is 0. The van der Waals surface area contributed by atoms with Gasteiger partial charge in [-0.05, 0) is 30.9 Å². The Morgan fingerprint density at radius 1 is 1.35 bits per heavy atom. The number of halogens is 1. The first kappa shape index (κ1) is 12.4. The van der Waals surface area contributed by atoms with Crippen molar-refractivity contribution in [3.63, 3.8) is 0 Å². The maximum atomic E-state index is 5.87. The lowest BCUT2D eigenvalue weighted by Gasteiger charge is -2.16. The van der Waals surface area contributed by atoms with Gasteiger partial charge >= 0.3 is 6.01 Å². The maximum Gasteiger partial charge on any atom is 0.322 e. The molecule has 1 fully saturated rings. The van der Waals surface area contributed by atoms with Gasteiger partial charge in [0.15, 0.2) is 0 Å². The molecule has 1 aliphatic rings. The molecule has 1 aliphatic heterocycles. The third-order valence-corrected chi connectivity index (χ3v) is 3.16. The summed E-state index contributed by atoms with van der Waals surface area (Å²) in [6, 6.07) is 0.308. The fourth-order valence-corrected chi connectivity index (χ4v) is 2.15. The van der Waals surface area contributed by atoms with E-state index in [1.807, 2.05) is 6.92 Å². The van der Waals surface area contributed by atoms with Crippen molar-refractivity contribution in [3.05, 3.63) is 5.28 Å². The Balaban J connectivity index is 2.15. The van der Waals surface area contributed by atoms with Gasteiger partial charge in [0.05, 0.1) is 6.61 Å². The van der Waals surface area contributed by atoms with Crippen LogP contribution in [0.3, 0.4) is 0 Å². The Morgan fingerprint density at radius 3 is 2.82 bits per heavy atom. The molecule has 0 N–H and O–H groups in total. The molecule has 0 amide bonds. The molecule has 0 saturated carbocycles. The highest BCUT2D eigenvalue weighted by Crippen LogP contribution is 2.24. The van der Waals surface area contributed by atoms with Crippen LogP contribution in [-0.2, 0) is 0 Å². The molecule has 17 heavy (non-hydrogen) atoms. The summed E-state index contributed by atoms with van der Waals surface area (Å²) in [7, 11) is 0. The second-order valence-electron chi connectivity index (χ2n) is 4.13. The number of ether oxygens (including phenoxy) is 1. The van der Waals surface area contributed by atoms with Crippen LogP contribution in [0.5, 0.6) is 6.01 Å². The van der Waals surface area contributed by atoms with Crippen LogP contribution in [0.1, 0.15) is 26.7 Å². The molecule has 2 heterocycles. The zero-order valence-corrected chi connectivity index (χ0v) is 10.9. The summed E-state index contributed by atoms with van der Waals surface area (Å²) in [5, 5.41) is 0.193. The lowest BCUT2D eigenvalue weighted by atomic mass is 10.1. The monoisotopic (exact) mass is 256 g/mol. The van der Waals surface area contributed by atoms with E-state index < -0.39 is 0 Å². The van der Waals surface area contributed by atoms with E-state index in [-0.39, 0.29) is 5.28 Å². The number of rotatable bonds is 4. The summed E-state index contributed by atoms with van der Waals surface area (Å²) in [6.45, 7) is 6.59. The van der Waals surface area contributed by atoms with Gasteiger partial charge in [0.25, 0.3) is 0 Å². The normalized spacial score (nSPS) is 19.7. The van der Waals surface area contributed by atoms with E-state index >= 15 is 0 Å². The third-order valence-electron chi connectivity index (χ3n) is 3.00. The van der Waals surface area contributed by atoms with Crippen molar-refractivity contribution in [3.8, 4) is 6.01 Å². The summed E-state index contributed by atoms with van der Waals surface area (Å²) in [5.74, 6) is 1.35. The fourth-order valence-electron chi connectivity index (χ4n) is 2.00. The molecule has 2 rings (SSSR count). The second kappa shape index (κ2) is 5.49. The Labute approximate surface area is 106 Å². The van der Waals surface area contributed by atoms with Crippen molar-refractivity contribution < 1.29 is 4.74 Å². The van der Waals surface area contributed by atoms with E-state index in [1.54, 1.807) is 0 Å². The number of nitrogens with zero attached hydrogens (tertiary/aromatic N) is 4. The van der Waals surface area contributed by atoms with E-state index in [0.29, 0.717) is 18.6 Å². The van der Waals surface area contributed by atoms with Crippen LogP contribution in [0.4, 0.5) is 5.95 Å². The van der Waals surface area contributed by atoms with E-state index in [0.717, 1.165) is 19.0 Å². The SMILES string of the molecule is CCOc1nc(Cl)nc(N2CCC(CC)C2)n1. The fraction of sp³-hybridized carbons (Fsp3) is 0.727. The molecular formula is C11H17ClN4O. The van der Waals surface area contributed by atoms with Crippen molar-refractivity contribution in [2.45, 2.75) is 26.7 Å². The predicted octanol–water partition coefficient (Wildman–Crippen LogP) is 2.16. The lowest BCUT2D eigenvalue weighted by molar-refractivity contribution is 0.311. The number of aromatic nitrogens is 3. The van der Waals surface area contributed by atoms with E-state index in [1.165, 1.54) is 12.8 Å². The molecule has 0 spiro atoms. The number of anilines is 1. The highest BCUT2D eigenvalue weighted by Gasteiger charge is 2.24. The van der Waals surface area contributed by atoms with Gasteiger partial charge < -0.3 is 9.64 Å². The van der Waals surface area contributed by atoms with Crippen LogP contribution >= 0.6 is 11.6 Å². The summed E-state index contributed by atoms with van der Waals surface area (Å²) < 4.78 is 5.27. The lowest BCUT2D eigenvalue weighted by Crippen LogP contribution is -2.22. The molecule has 1 unspecified atom stereocenters. The van der Waals surface area contributed by atoms with Crippen LogP contribution in [0.15, 0.2) is 0 Å².